The third-order valence-electron chi connectivity index (χ3n) is 3.70. The lowest BCUT2D eigenvalue weighted by atomic mass is 10.2. The lowest BCUT2D eigenvalue weighted by molar-refractivity contribution is -0.0436. The van der Waals surface area contributed by atoms with Crippen molar-refractivity contribution >= 4 is 33.2 Å². The fourth-order valence-corrected chi connectivity index (χ4v) is 3.50. The van der Waals surface area contributed by atoms with Crippen molar-refractivity contribution in [2.45, 2.75) is 15.6 Å². The van der Waals surface area contributed by atoms with E-state index in [0.717, 1.165) is 24.3 Å². The summed E-state index contributed by atoms with van der Waals surface area (Å²) in [5, 5.41) is 14.4. The first kappa shape index (κ1) is 20.8. The molecule has 8 nitrogen and oxygen atoms in total. The molecule has 0 fully saturated rings. The summed E-state index contributed by atoms with van der Waals surface area (Å²) in [4.78, 5) is 11.4. The Morgan fingerprint density at radius 1 is 1.14 bits per heavy atom. The second-order valence-corrected chi connectivity index (χ2v) is 8.27. The Kier molecular flexibility index (Phi) is 5.61. The van der Waals surface area contributed by atoms with Crippen LogP contribution < -0.4 is 5.32 Å². The number of hydrogen-bond acceptors (Lipinski definition) is 7. The number of amides is 1. The van der Waals surface area contributed by atoms with Crippen LogP contribution in [0, 0.1) is 0 Å². The number of hydrogen-bond donors (Lipinski definition) is 1. The zero-order chi connectivity index (χ0) is 21.2. The van der Waals surface area contributed by atoms with Gasteiger partial charge in [0.15, 0.2) is 0 Å². The molecule has 0 spiro atoms. The third-order valence-corrected chi connectivity index (χ3v) is 5.83. The summed E-state index contributed by atoms with van der Waals surface area (Å²) in [5.41, 5.74) is -4.45. The fourth-order valence-electron chi connectivity index (χ4n) is 2.31. The van der Waals surface area contributed by atoms with E-state index in [4.69, 9.17) is 0 Å². The van der Waals surface area contributed by atoms with E-state index >= 15 is 0 Å². The highest BCUT2D eigenvalue weighted by Crippen LogP contribution is 2.30. The summed E-state index contributed by atoms with van der Waals surface area (Å²) < 4.78 is 62.0. The van der Waals surface area contributed by atoms with E-state index in [1.54, 1.807) is 30.5 Å². The summed E-state index contributed by atoms with van der Waals surface area (Å²) >= 11 is 1.33. The maximum Gasteiger partial charge on any atom is 0.501 e. The number of nitrogens with zero attached hydrogens (tertiary/aromatic N) is 4. The summed E-state index contributed by atoms with van der Waals surface area (Å²) in [6, 6.07) is 10.1. The van der Waals surface area contributed by atoms with Gasteiger partial charge in [-0.1, -0.05) is 17.8 Å². The SMILES string of the molecule is CSc1nnnn1-c1cccc(NC(=O)c2ccc(S(=O)(=O)C(F)(F)F)cc2)c1. The molecular formula is C16H12F3N5O3S2. The number of anilines is 1. The molecule has 0 aliphatic heterocycles. The zero-order valence-electron chi connectivity index (χ0n) is 14.6. The first-order chi connectivity index (χ1) is 13.6. The van der Waals surface area contributed by atoms with Gasteiger partial charge in [-0.15, -0.1) is 5.10 Å². The number of benzene rings is 2. The number of nitrogens with one attached hydrogen (secondary N) is 1. The van der Waals surface area contributed by atoms with Crippen molar-refractivity contribution in [2.24, 2.45) is 0 Å². The van der Waals surface area contributed by atoms with Crippen molar-refractivity contribution in [3.05, 3.63) is 54.1 Å². The second-order valence-electron chi connectivity index (χ2n) is 5.56. The number of aromatic nitrogens is 4. The minimum Gasteiger partial charge on any atom is -0.322 e. The van der Waals surface area contributed by atoms with Crippen LogP contribution >= 0.6 is 11.8 Å². The summed E-state index contributed by atoms with van der Waals surface area (Å²) in [6.07, 6.45) is 1.80. The van der Waals surface area contributed by atoms with Crippen LogP contribution in [0.2, 0.25) is 0 Å². The largest absolute Gasteiger partial charge is 0.501 e. The van der Waals surface area contributed by atoms with Crippen LogP contribution in [-0.2, 0) is 9.84 Å². The number of sulfone groups is 1. The minimum atomic E-state index is -5.47. The first-order valence-electron chi connectivity index (χ1n) is 7.79. The van der Waals surface area contributed by atoms with Gasteiger partial charge in [0.1, 0.15) is 0 Å². The molecular weight excluding hydrogens is 431 g/mol. The van der Waals surface area contributed by atoms with Gasteiger partial charge in [-0.3, -0.25) is 4.79 Å². The molecule has 0 saturated heterocycles. The molecule has 1 heterocycles. The number of alkyl halides is 3. The standard InChI is InChI=1S/C16H12F3N5O3S2/c1-28-15-21-22-23-24(15)12-4-2-3-11(9-12)20-14(25)10-5-7-13(8-6-10)29(26,27)16(17,18)19/h2-9H,1H3,(H,20,25). The number of halogens is 3. The van der Waals surface area contributed by atoms with Gasteiger partial charge in [0, 0.05) is 11.3 Å². The molecule has 0 aliphatic carbocycles. The van der Waals surface area contributed by atoms with Gasteiger partial charge in [0.25, 0.3) is 15.7 Å². The third kappa shape index (κ3) is 4.24. The van der Waals surface area contributed by atoms with Gasteiger partial charge in [0.05, 0.1) is 10.6 Å². The van der Waals surface area contributed by atoms with Crippen LogP contribution in [0.25, 0.3) is 5.69 Å². The average molecular weight is 443 g/mol. The highest BCUT2D eigenvalue weighted by molar-refractivity contribution is 7.98. The van der Waals surface area contributed by atoms with Gasteiger partial charge < -0.3 is 5.32 Å². The number of rotatable bonds is 5. The second kappa shape index (κ2) is 7.83. The molecule has 152 valence electrons. The predicted octanol–water partition coefficient (Wildman–Crippen LogP) is 2.93. The van der Waals surface area contributed by atoms with Crippen LogP contribution in [0.4, 0.5) is 18.9 Å². The Hall–Kier alpha value is -2.93. The maximum atomic E-state index is 12.6. The normalized spacial score (nSPS) is 12.0. The topological polar surface area (TPSA) is 107 Å². The van der Waals surface area contributed by atoms with Crippen molar-refractivity contribution in [1.29, 1.82) is 0 Å². The monoisotopic (exact) mass is 443 g/mol. The molecule has 0 unspecified atom stereocenters. The van der Waals surface area contributed by atoms with Crippen LogP contribution in [0.5, 0.6) is 0 Å². The molecule has 1 amide bonds. The van der Waals surface area contributed by atoms with Crippen molar-refractivity contribution in [3.63, 3.8) is 0 Å². The molecule has 1 aromatic heterocycles. The average Bonchev–Trinajstić information content (AvgIpc) is 3.16. The highest BCUT2D eigenvalue weighted by Gasteiger charge is 2.46. The maximum absolute atomic E-state index is 12.6. The van der Waals surface area contributed by atoms with E-state index in [9.17, 15) is 26.4 Å². The fraction of sp³-hybridized carbons (Fsp3) is 0.125. The van der Waals surface area contributed by atoms with Crippen LogP contribution in [0.1, 0.15) is 10.4 Å². The lowest BCUT2D eigenvalue weighted by Gasteiger charge is -2.10. The number of tetrazole rings is 1. The van der Waals surface area contributed by atoms with Crippen molar-refractivity contribution in [3.8, 4) is 5.69 Å². The Morgan fingerprint density at radius 2 is 1.83 bits per heavy atom. The molecule has 0 atom stereocenters. The van der Waals surface area contributed by atoms with Gasteiger partial charge in [-0.25, -0.2) is 8.42 Å². The summed E-state index contributed by atoms with van der Waals surface area (Å²) in [6.45, 7) is 0. The van der Waals surface area contributed by atoms with E-state index in [2.05, 4.69) is 20.8 Å². The highest BCUT2D eigenvalue weighted by atomic mass is 32.2. The van der Waals surface area contributed by atoms with Crippen molar-refractivity contribution in [2.75, 3.05) is 11.6 Å². The Labute approximate surface area is 167 Å². The predicted molar refractivity (Wildman–Crippen MR) is 98.6 cm³/mol. The van der Waals surface area contributed by atoms with Gasteiger partial charge in [-0.05, 0) is 59.1 Å². The molecule has 3 rings (SSSR count). The lowest BCUT2D eigenvalue weighted by Crippen LogP contribution is -2.23. The Balaban J connectivity index is 1.80. The van der Waals surface area contributed by atoms with Crippen LogP contribution in [-0.4, -0.2) is 46.3 Å². The molecule has 1 N–H and O–H groups in total. The molecule has 0 radical (unpaired) electrons. The van der Waals surface area contributed by atoms with Gasteiger partial charge in [-0.2, -0.15) is 17.9 Å². The first-order valence-corrected chi connectivity index (χ1v) is 10.5. The zero-order valence-corrected chi connectivity index (χ0v) is 16.2. The number of carbonyl (C=O) groups is 1. The molecule has 3 aromatic rings. The van der Waals surface area contributed by atoms with Gasteiger partial charge >= 0.3 is 5.51 Å². The molecule has 13 heteroatoms. The molecule has 2 aromatic carbocycles. The molecule has 0 bridgehead atoms. The quantitative estimate of drug-likeness (QED) is 0.604. The smallest absolute Gasteiger partial charge is 0.322 e. The van der Waals surface area contributed by atoms with E-state index in [0.29, 0.717) is 16.5 Å². The van der Waals surface area contributed by atoms with Crippen LogP contribution in [0.3, 0.4) is 0 Å². The van der Waals surface area contributed by atoms with Crippen molar-refractivity contribution < 1.29 is 26.4 Å². The van der Waals surface area contributed by atoms with E-state index < -0.39 is 26.1 Å². The number of carbonyl (C=O) groups excluding carboxylic acids is 1. The van der Waals surface area contributed by atoms with E-state index in [1.165, 1.54) is 16.4 Å². The Morgan fingerprint density at radius 3 is 2.45 bits per heavy atom. The Bertz CT molecular complexity index is 1150. The van der Waals surface area contributed by atoms with Gasteiger partial charge in [0.2, 0.25) is 5.16 Å². The molecule has 29 heavy (non-hydrogen) atoms. The summed E-state index contributed by atoms with van der Waals surface area (Å²) in [7, 11) is -5.47. The molecule has 0 saturated carbocycles. The van der Waals surface area contributed by atoms with E-state index in [-0.39, 0.29) is 5.56 Å². The van der Waals surface area contributed by atoms with Crippen molar-refractivity contribution in [1.82, 2.24) is 20.2 Å². The van der Waals surface area contributed by atoms with Crippen LogP contribution in [0.15, 0.2) is 58.6 Å². The summed E-state index contributed by atoms with van der Waals surface area (Å²) in [5.74, 6) is -0.625. The van der Waals surface area contributed by atoms with E-state index in [1.807, 2.05) is 0 Å². The molecule has 0 aliphatic rings. The number of thioether (sulfide) groups is 1. The minimum absolute atomic E-state index is 0.0104.